The Morgan fingerprint density at radius 3 is 2.88 bits per heavy atom. The second-order valence-corrected chi connectivity index (χ2v) is 3.58. The zero-order chi connectivity index (χ0) is 11.5. The van der Waals surface area contributed by atoms with Gasteiger partial charge in [-0.25, -0.2) is 15.4 Å². The molecule has 0 radical (unpaired) electrons. The predicted molar refractivity (Wildman–Crippen MR) is 59.1 cm³/mol. The Balaban J connectivity index is 2.36. The summed E-state index contributed by atoms with van der Waals surface area (Å²) in [6, 6.07) is 1.68. The Morgan fingerprint density at radius 1 is 1.50 bits per heavy atom. The van der Waals surface area contributed by atoms with Crippen molar-refractivity contribution in [3.05, 3.63) is 41.7 Å². The second-order valence-electron chi connectivity index (χ2n) is 3.58. The summed E-state index contributed by atoms with van der Waals surface area (Å²) in [6.45, 7) is 1.85. The van der Waals surface area contributed by atoms with Gasteiger partial charge in [0.15, 0.2) is 0 Å². The van der Waals surface area contributed by atoms with Gasteiger partial charge in [0, 0.05) is 25.0 Å². The highest BCUT2D eigenvalue weighted by Gasteiger charge is 2.15. The molecule has 0 bridgehead atoms. The van der Waals surface area contributed by atoms with Crippen molar-refractivity contribution in [1.29, 1.82) is 0 Å². The minimum atomic E-state index is -0.157. The summed E-state index contributed by atoms with van der Waals surface area (Å²) < 4.78 is 1.73. The molecule has 0 aliphatic carbocycles. The van der Waals surface area contributed by atoms with Crippen molar-refractivity contribution in [3.8, 4) is 0 Å². The topological polar surface area (TPSA) is 81.6 Å². The van der Waals surface area contributed by atoms with Gasteiger partial charge < -0.3 is 0 Å². The molecule has 0 aliphatic heterocycles. The summed E-state index contributed by atoms with van der Waals surface area (Å²) in [5, 5.41) is 4.11. The molecule has 84 valence electrons. The molecule has 0 saturated heterocycles. The Hall–Kier alpha value is -1.79. The third-order valence-corrected chi connectivity index (χ3v) is 2.32. The molecule has 0 saturated carbocycles. The van der Waals surface area contributed by atoms with Gasteiger partial charge in [0.25, 0.3) is 0 Å². The molecule has 2 rings (SSSR count). The summed E-state index contributed by atoms with van der Waals surface area (Å²) in [5.74, 6) is 6.27. The van der Waals surface area contributed by atoms with Gasteiger partial charge in [-0.3, -0.25) is 10.5 Å². The van der Waals surface area contributed by atoms with Crippen LogP contribution in [0.2, 0.25) is 0 Å². The van der Waals surface area contributed by atoms with Crippen LogP contribution in [0.15, 0.2) is 24.7 Å². The van der Waals surface area contributed by atoms with Crippen molar-refractivity contribution in [1.82, 2.24) is 25.2 Å². The summed E-state index contributed by atoms with van der Waals surface area (Å²) in [7, 11) is 1.86. The fourth-order valence-corrected chi connectivity index (χ4v) is 1.58. The third kappa shape index (κ3) is 2.07. The van der Waals surface area contributed by atoms with E-state index in [4.69, 9.17) is 5.84 Å². The lowest BCUT2D eigenvalue weighted by atomic mass is 10.1. The first-order chi connectivity index (χ1) is 7.70. The Bertz CT molecular complexity index is 478. The van der Waals surface area contributed by atoms with E-state index in [0.717, 1.165) is 17.1 Å². The summed E-state index contributed by atoms with van der Waals surface area (Å²) >= 11 is 0. The van der Waals surface area contributed by atoms with Crippen molar-refractivity contribution in [2.24, 2.45) is 12.9 Å². The van der Waals surface area contributed by atoms with Gasteiger partial charge in [-0.05, 0) is 13.0 Å². The fourth-order valence-electron chi connectivity index (χ4n) is 1.58. The third-order valence-electron chi connectivity index (χ3n) is 2.32. The first-order valence-electron chi connectivity index (χ1n) is 4.95. The molecular formula is C10H14N6. The number of aryl methyl sites for hydroxylation is 2. The summed E-state index contributed by atoms with van der Waals surface area (Å²) in [5.41, 5.74) is 4.54. The van der Waals surface area contributed by atoms with E-state index in [1.807, 2.05) is 26.2 Å². The van der Waals surface area contributed by atoms with Crippen LogP contribution in [0, 0.1) is 6.92 Å². The van der Waals surface area contributed by atoms with Crippen LogP contribution in [0.25, 0.3) is 0 Å². The lowest BCUT2D eigenvalue weighted by Gasteiger charge is -2.13. The maximum absolute atomic E-state index is 5.55. The van der Waals surface area contributed by atoms with Crippen LogP contribution in [0.4, 0.5) is 0 Å². The minimum absolute atomic E-state index is 0.157. The van der Waals surface area contributed by atoms with Crippen LogP contribution in [0.1, 0.15) is 23.1 Å². The van der Waals surface area contributed by atoms with Crippen molar-refractivity contribution in [2.75, 3.05) is 0 Å². The molecule has 6 heteroatoms. The standard InChI is InChI=1S/C10H14N6/c1-7-12-4-3-9(14-7)10(15-11)8-5-13-16(2)6-8/h3-6,10,15H,11H2,1-2H3. The molecule has 2 aromatic rings. The first kappa shape index (κ1) is 10.7. The van der Waals surface area contributed by atoms with Gasteiger partial charge >= 0.3 is 0 Å². The van der Waals surface area contributed by atoms with Crippen LogP contribution >= 0.6 is 0 Å². The molecule has 0 fully saturated rings. The number of rotatable bonds is 3. The molecule has 6 nitrogen and oxygen atoms in total. The predicted octanol–water partition coefficient (Wildman–Crippen LogP) is 0.0712. The number of hydrogen-bond acceptors (Lipinski definition) is 5. The second kappa shape index (κ2) is 4.38. The smallest absolute Gasteiger partial charge is 0.125 e. The summed E-state index contributed by atoms with van der Waals surface area (Å²) in [4.78, 5) is 8.39. The first-order valence-corrected chi connectivity index (χ1v) is 4.95. The molecule has 2 aromatic heterocycles. The number of hydrazine groups is 1. The average Bonchev–Trinajstić information content (AvgIpc) is 2.66. The molecule has 1 unspecified atom stereocenters. The van der Waals surface area contributed by atoms with Gasteiger partial charge in [-0.1, -0.05) is 0 Å². The fraction of sp³-hybridized carbons (Fsp3) is 0.300. The number of nitrogens with two attached hydrogens (primary N) is 1. The minimum Gasteiger partial charge on any atom is -0.275 e. The molecule has 16 heavy (non-hydrogen) atoms. The Kier molecular flexibility index (Phi) is 2.93. The van der Waals surface area contributed by atoms with Crippen LogP contribution < -0.4 is 11.3 Å². The quantitative estimate of drug-likeness (QED) is 0.563. The zero-order valence-corrected chi connectivity index (χ0v) is 9.25. The van der Waals surface area contributed by atoms with Crippen molar-refractivity contribution in [3.63, 3.8) is 0 Å². The van der Waals surface area contributed by atoms with E-state index in [0.29, 0.717) is 0 Å². The number of nitrogens with one attached hydrogen (secondary N) is 1. The van der Waals surface area contributed by atoms with E-state index in [-0.39, 0.29) is 6.04 Å². The monoisotopic (exact) mass is 218 g/mol. The lowest BCUT2D eigenvalue weighted by molar-refractivity contribution is 0.615. The van der Waals surface area contributed by atoms with E-state index < -0.39 is 0 Å². The van der Waals surface area contributed by atoms with E-state index in [2.05, 4.69) is 20.5 Å². The molecule has 3 N–H and O–H groups in total. The van der Waals surface area contributed by atoms with Crippen LogP contribution in [-0.4, -0.2) is 19.7 Å². The number of hydrogen-bond donors (Lipinski definition) is 2. The molecule has 0 aliphatic rings. The van der Waals surface area contributed by atoms with Gasteiger partial charge in [0.2, 0.25) is 0 Å². The molecule has 0 amide bonds. The molecule has 1 atom stereocenters. The number of nitrogens with zero attached hydrogens (tertiary/aromatic N) is 4. The lowest BCUT2D eigenvalue weighted by Crippen LogP contribution is -2.29. The maximum Gasteiger partial charge on any atom is 0.125 e. The van der Waals surface area contributed by atoms with E-state index in [1.54, 1.807) is 17.1 Å². The van der Waals surface area contributed by atoms with Crippen molar-refractivity contribution < 1.29 is 0 Å². The van der Waals surface area contributed by atoms with Crippen molar-refractivity contribution in [2.45, 2.75) is 13.0 Å². The molecule has 2 heterocycles. The van der Waals surface area contributed by atoms with Crippen LogP contribution in [0.3, 0.4) is 0 Å². The number of aromatic nitrogens is 4. The van der Waals surface area contributed by atoms with Gasteiger partial charge in [-0.2, -0.15) is 5.10 Å². The van der Waals surface area contributed by atoms with Crippen molar-refractivity contribution >= 4 is 0 Å². The van der Waals surface area contributed by atoms with Crippen LogP contribution in [0.5, 0.6) is 0 Å². The maximum atomic E-state index is 5.55. The Morgan fingerprint density at radius 2 is 2.31 bits per heavy atom. The molecular weight excluding hydrogens is 204 g/mol. The van der Waals surface area contributed by atoms with Gasteiger partial charge in [0.1, 0.15) is 5.82 Å². The molecule has 0 spiro atoms. The Labute approximate surface area is 93.5 Å². The van der Waals surface area contributed by atoms with Gasteiger partial charge in [-0.15, -0.1) is 0 Å². The largest absolute Gasteiger partial charge is 0.275 e. The van der Waals surface area contributed by atoms with E-state index >= 15 is 0 Å². The summed E-state index contributed by atoms with van der Waals surface area (Å²) in [6.07, 6.45) is 5.39. The van der Waals surface area contributed by atoms with E-state index in [1.165, 1.54) is 0 Å². The highest BCUT2D eigenvalue weighted by atomic mass is 15.3. The van der Waals surface area contributed by atoms with Gasteiger partial charge in [0.05, 0.1) is 17.9 Å². The van der Waals surface area contributed by atoms with Crippen LogP contribution in [-0.2, 0) is 7.05 Å². The molecule has 0 aromatic carbocycles. The zero-order valence-electron chi connectivity index (χ0n) is 9.25. The highest BCUT2D eigenvalue weighted by molar-refractivity contribution is 5.22. The normalized spacial score (nSPS) is 12.7. The highest BCUT2D eigenvalue weighted by Crippen LogP contribution is 2.18. The SMILES string of the molecule is Cc1nccc(C(NN)c2cnn(C)c2)n1. The average molecular weight is 218 g/mol. The van der Waals surface area contributed by atoms with E-state index in [9.17, 15) is 0 Å².